The number of nitrogens with zero attached hydrogens (tertiary/aromatic N) is 4. The molecule has 6 nitrogen and oxygen atoms in total. The number of aromatic nitrogens is 3. The van der Waals surface area contributed by atoms with E-state index in [-0.39, 0.29) is 6.04 Å². The zero-order valence-electron chi connectivity index (χ0n) is 16.0. The van der Waals surface area contributed by atoms with Crippen LogP contribution in [0.3, 0.4) is 0 Å². The lowest BCUT2D eigenvalue weighted by atomic mass is 10.1. The van der Waals surface area contributed by atoms with E-state index in [2.05, 4.69) is 27.4 Å². The van der Waals surface area contributed by atoms with E-state index in [1.807, 2.05) is 42.2 Å². The molecule has 1 saturated heterocycles. The molecule has 1 aliphatic heterocycles. The van der Waals surface area contributed by atoms with Gasteiger partial charge in [-0.3, -0.25) is 9.58 Å². The second-order valence-corrected chi connectivity index (χ2v) is 7.20. The first-order valence-electron chi connectivity index (χ1n) is 9.55. The molecule has 0 bridgehead atoms. The molecule has 0 N–H and O–H groups in total. The maximum atomic E-state index is 5.80. The van der Waals surface area contributed by atoms with Crippen molar-refractivity contribution in [3.05, 3.63) is 54.0 Å². The zero-order valence-corrected chi connectivity index (χ0v) is 16.0. The molecule has 1 aromatic carbocycles. The Balaban J connectivity index is 1.56. The van der Waals surface area contributed by atoms with Crippen LogP contribution in [-0.2, 0) is 13.6 Å². The fourth-order valence-corrected chi connectivity index (χ4v) is 3.81. The van der Waals surface area contributed by atoms with Crippen molar-refractivity contribution in [2.45, 2.75) is 38.3 Å². The van der Waals surface area contributed by atoms with E-state index in [1.54, 1.807) is 7.11 Å². The van der Waals surface area contributed by atoms with E-state index >= 15 is 0 Å². The molecule has 3 aromatic rings. The van der Waals surface area contributed by atoms with Gasteiger partial charge in [-0.05, 0) is 43.7 Å². The number of hydrogen-bond donors (Lipinski definition) is 0. The average Bonchev–Trinajstić information content (AvgIpc) is 3.27. The number of rotatable bonds is 5. The van der Waals surface area contributed by atoms with Gasteiger partial charge in [-0.25, -0.2) is 0 Å². The highest BCUT2D eigenvalue weighted by Gasteiger charge is 2.26. The van der Waals surface area contributed by atoms with Crippen LogP contribution >= 0.6 is 0 Å². The summed E-state index contributed by atoms with van der Waals surface area (Å²) in [6, 6.07) is 10.3. The molecule has 0 spiro atoms. The van der Waals surface area contributed by atoms with Gasteiger partial charge in [0.2, 0.25) is 0 Å². The van der Waals surface area contributed by atoms with E-state index in [0.29, 0.717) is 0 Å². The molecule has 6 heteroatoms. The SMILES string of the molecule is COc1ccc(-c2cc([C@H]3CCCCCN3Cc3cnn(C)c3)on2)cc1. The van der Waals surface area contributed by atoms with Crippen LogP contribution in [0.1, 0.15) is 43.0 Å². The van der Waals surface area contributed by atoms with Crippen molar-refractivity contribution in [3.63, 3.8) is 0 Å². The molecule has 27 heavy (non-hydrogen) atoms. The van der Waals surface area contributed by atoms with Crippen LogP contribution in [-0.4, -0.2) is 33.5 Å². The Kier molecular flexibility index (Phi) is 5.25. The third-order valence-corrected chi connectivity index (χ3v) is 5.25. The van der Waals surface area contributed by atoms with Crippen molar-refractivity contribution < 1.29 is 9.26 Å². The molecule has 0 unspecified atom stereocenters. The third-order valence-electron chi connectivity index (χ3n) is 5.25. The molecule has 0 aliphatic carbocycles. The Morgan fingerprint density at radius 2 is 2.04 bits per heavy atom. The zero-order chi connectivity index (χ0) is 18.6. The highest BCUT2D eigenvalue weighted by molar-refractivity contribution is 5.60. The fraction of sp³-hybridized carbons (Fsp3) is 0.429. The largest absolute Gasteiger partial charge is 0.497 e. The molecule has 0 amide bonds. The highest BCUT2D eigenvalue weighted by atomic mass is 16.5. The van der Waals surface area contributed by atoms with E-state index in [0.717, 1.165) is 42.3 Å². The summed E-state index contributed by atoms with van der Waals surface area (Å²) in [6.45, 7) is 1.95. The van der Waals surface area contributed by atoms with Gasteiger partial charge in [-0.2, -0.15) is 5.10 Å². The van der Waals surface area contributed by atoms with Gasteiger partial charge in [0.25, 0.3) is 0 Å². The van der Waals surface area contributed by atoms with Crippen molar-refractivity contribution in [2.75, 3.05) is 13.7 Å². The van der Waals surface area contributed by atoms with Crippen LogP contribution in [0.15, 0.2) is 47.2 Å². The standard InChI is InChI=1S/C21H26N4O2/c1-24-14-16(13-22-24)15-25-11-5-3-4-6-20(25)21-12-19(23-27-21)17-7-9-18(26-2)10-8-17/h7-10,12-14,20H,3-6,11,15H2,1-2H3/t20-/m1/s1. The summed E-state index contributed by atoms with van der Waals surface area (Å²) in [6.07, 6.45) is 8.83. The predicted octanol–water partition coefficient (Wildman–Crippen LogP) is 4.20. The Morgan fingerprint density at radius 1 is 1.19 bits per heavy atom. The van der Waals surface area contributed by atoms with Crippen molar-refractivity contribution >= 4 is 0 Å². The van der Waals surface area contributed by atoms with Crippen LogP contribution in [0.4, 0.5) is 0 Å². The van der Waals surface area contributed by atoms with Gasteiger partial charge in [0.05, 0.1) is 19.3 Å². The molecule has 1 aliphatic rings. The summed E-state index contributed by atoms with van der Waals surface area (Å²) in [5, 5.41) is 8.64. The lowest BCUT2D eigenvalue weighted by Crippen LogP contribution is -2.27. The molecule has 142 valence electrons. The van der Waals surface area contributed by atoms with Crippen molar-refractivity contribution in [3.8, 4) is 17.0 Å². The first-order chi connectivity index (χ1) is 13.2. The summed E-state index contributed by atoms with van der Waals surface area (Å²) >= 11 is 0. The second-order valence-electron chi connectivity index (χ2n) is 7.20. The molecular weight excluding hydrogens is 340 g/mol. The smallest absolute Gasteiger partial charge is 0.154 e. The van der Waals surface area contributed by atoms with Crippen LogP contribution in [0, 0.1) is 0 Å². The maximum Gasteiger partial charge on any atom is 0.154 e. The first-order valence-corrected chi connectivity index (χ1v) is 9.55. The number of likely N-dealkylation sites (tertiary alicyclic amines) is 1. The lowest BCUT2D eigenvalue weighted by Gasteiger charge is -2.27. The molecular formula is C21H26N4O2. The summed E-state index contributed by atoms with van der Waals surface area (Å²) < 4.78 is 12.9. The first kappa shape index (κ1) is 17.8. The number of aryl methyl sites for hydroxylation is 1. The van der Waals surface area contributed by atoms with Crippen LogP contribution < -0.4 is 4.74 Å². The van der Waals surface area contributed by atoms with Crippen LogP contribution in [0.2, 0.25) is 0 Å². The maximum absolute atomic E-state index is 5.80. The molecule has 1 fully saturated rings. The molecule has 1 atom stereocenters. The van der Waals surface area contributed by atoms with Crippen LogP contribution in [0.25, 0.3) is 11.3 Å². The Hall–Kier alpha value is -2.60. The van der Waals surface area contributed by atoms with Gasteiger partial charge < -0.3 is 9.26 Å². The molecule has 3 heterocycles. The van der Waals surface area contributed by atoms with Crippen LogP contribution in [0.5, 0.6) is 5.75 Å². The fourth-order valence-electron chi connectivity index (χ4n) is 3.81. The molecule has 0 radical (unpaired) electrons. The van der Waals surface area contributed by atoms with Gasteiger partial charge in [-0.1, -0.05) is 18.0 Å². The average molecular weight is 366 g/mol. The quantitative estimate of drug-likeness (QED) is 0.677. The van der Waals surface area contributed by atoms with E-state index in [1.165, 1.54) is 24.8 Å². The summed E-state index contributed by atoms with van der Waals surface area (Å²) in [7, 11) is 3.63. The number of ether oxygens (including phenoxy) is 1. The third kappa shape index (κ3) is 4.06. The van der Waals surface area contributed by atoms with Gasteiger partial charge in [-0.15, -0.1) is 0 Å². The molecule has 0 saturated carbocycles. The predicted molar refractivity (Wildman–Crippen MR) is 103 cm³/mol. The van der Waals surface area contributed by atoms with Gasteiger partial charge in [0.1, 0.15) is 11.4 Å². The van der Waals surface area contributed by atoms with E-state index in [4.69, 9.17) is 9.26 Å². The monoisotopic (exact) mass is 366 g/mol. The Bertz CT molecular complexity index is 868. The number of methoxy groups -OCH3 is 1. The second kappa shape index (κ2) is 7.96. The minimum absolute atomic E-state index is 0.257. The molecule has 2 aromatic heterocycles. The van der Waals surface area contributed by atoms with E-state index in [9.17, 15) is 0 Å². The Morgan fingerprint density at radius 3 is 2.78 bits per heavy atom. The summed E-state index contributed by atoms with van der Waals surface area (Å²) in [4.78, 5) is 2.50. The molecule has 4 rings (SSSR count). The topological polar surface area (TPSA) is 56.3 Å². The van der Waals surface area contributed by atoms with Gasteiger partial charge in [0, 0.05) is 37.0 Å². The minimum atomic E-state index is 0.257. The summed E-state index contributed by atoms with van der Waals surface area (Å²) in [5.74, 6) is 1.79. The number of benzene rings is 1. The highest BCUT2D eigenvalue weighted by Crippen LogP contribution is 2.33. The minimum Gasteiger partial charge on any atom is -0.497 e. The van der Waals surface area contributed by atoms with Gasteiger partial charge in [0.15, 0.2) is 5.76 Å². The van der Waals surface area contributed by atoms with Gasteiger partial charge >= 0.3 is 0 Å². The van der Waals surface area contributed by atoms with Crippen molar-refractivity contribution in [2.24, 2.45) is 7.05 Å². The summed E-state index contributed by atoms with van der Waals surface area (Å²) in [5.41, 5.74) is 3.15. The Labute approximate surface area is 159 Å². The van der Waals surface area contributed by atoms with Crippen molar-refractivity contribution in [1.29, 1.82) is 0 Å². The van der Waals surface area contributed by atoms with Crippen molar-refractivity contribution in [1.82, 2.24) is 19.8 Å². The normalized spacial score (nSPS) is 18.4. The van der Waals surface area contributed by atoms with E-state index < -0.39 is 0 Å². The lowest BCUT2D eigenvalue weighted by molar-refractivity contribution is 0.160. The number of hydrogen-bond acceptors (Lipinski definition) is 5.